The second-order valence-corrected chi connectivity index (χ2v) is 6.43. The highest BCUT2D eigenvalue weighted by molar-refractivity contribution is 9.10. The molecule has 0 amide bonds. The molecule has 0 radical (unpaired) electrons. The number of nitrogens with two attached hydrogens (primary N) is 1. The van der Waals surface area contributed by atoms with Crippen LogP contribution in [0.4, 0.5) is 13.2 Å². The Bertz CT molecular complexity index is 492. The van der Waals surface area contributed by atoms with Crippen LogP contribution in [0.5, 0.6) is 5.75 Å². The third-order valence-electron chi connectivity index (χ3n) is 3.55. The summed E-state index contributed by atoms with van der Waals surface area (Å²) in [6.45, 7) is 1.83. The van der Waals surface area contributed by atoms with Gasteiger partial charge in [0, 0.05) is 28.9 Å². The molecule has 1 aromatic carbocycles. The summed E-state index contributed by atoms with van der Waals surface area (Å²) < 4.78 is 43.5. The Kier molecular flexibility index (Phi) is 4.35. The minimum absolute atomic E-state index is 0.0516. The van der Waals surface area contributed by atoms with Gasteiger partial charge >= 0.3 is 6.18 Å². The van der Waals surface area contributed by atoms with Crippen molar-refractivity contribution in [3.63, 3.8) is 0 Å². The van der Waals surface area contributed by atoms with Crippen molar-refractivity contribution in [2.24, 2.45) is 5.73 Å². The molecule has 0 fully saturated rings. The first-order valence-electron chi connectivity index (χ1n) is 6.49. The Morgan fingerprint density at radius 3 is 2.80 bits per heavy atom. The summed E-state index contributed by atoms with van der Waals surface area (Å²) in [6, 6.07) is 5.38. The van der Waals surface area contributed by atoms with Gasteiger partial charge in [0.15, 0.2) is 0 Å². The molecular formula is C14H17BrF3NO. The van der Waals surface area contributed by atoms with Crippen LogP contribution in [0.25, 0.3) is 0 Å². The smallest absolute Gasteiger partial charge is 0.389 e. The van der Waals surface area contributed by atoms with E-state index in [9.17, 15) is 13.2 Å². The lowest BCUT2D eigenvalue weighted by Crippen LogP contribution is -2.40. The van der Waals surface area contributed by atoms with E-state index in [0.717, 1.165) is 10.0 Å². The topological polar surface area (TPSA) is 35.2 Å². The molecule has 1 aliphatic heterocycles. The molecular weight excluding hydrogens is 335 g/mol. The van der Waals surface area contributed by atoms with Crippen LogP contribution in [-0.2, 0) is 0 Å². The molecule has 1 unspecified atom stereocenters. The lowest BCUT2D eigenvalue weighted by Gasteiger charge is -2.39. The highest BCUT2D eigenvalue weighted by atomic mass is 79.9. The number of fused-ring (bicyclic) bond motifs is 1. The number of hydrogen-bond acceptors (Lipinski definition) is 2. The maximum absolute atomic E-state index is 12.2. The molecule has 20 heavy (non-hydrogen) atoms. The fourth-order valence-corrected chi connectivity index (χ4v) is 2.94. The van der Waals surface area contributed by atoms with Crippen molar-refractivity contribution in [3.05, 3.63) is 28.2 Å². The van der Waals surface area contributed by atoms with Gasteiger partial charge in [0.25, 0.3) is 0 Å². The Morgan fingerprint density at radius 1 is 1.45 bits per heavy atom. The van der Waals surface area contributed by atoms with Gasteiger partial charge in [-0.15, -0.1) is 0 Å². The molecule has 112 valence electrons. The molecule has 0 aliphatic carbocycles. The van der Waals surface area contributed by atoms with E-state index >= 15 is 0 Å². The normalized spacial score (nSPS) is 26.0. The Hall–Kier alpha value is -0.750. The van der Waals surface area contributed by atoms with Crippen LogP contribution in [-0.4, -0.2) is 11.8 Å². The minimum atomic E-state index is -4.12. The van der Waals surface area contributed by atoms with Crippen molar-refractivity contribution < 1.29 is 17.9 Å². The number of rotatable bonds is 3. The predicted octanol–water partition coefficient (Wildman–Crippen LogP) is 4.72. The summed E-state index contributed by atoms with van der Waals surface area (Å²) in [5, 5.41) is 0. The van der Waals surface area contributed by atoms with Gasteiger partial charge in [-0.05, 0) is 31.9 Å². The summed E-state index contributed by atoms with van der Waals surface area (Å²) in [4.78, 5) is 0. The fourth-order valence-electron chi connectivity index (χ4n) is 2.60. The highest BCUT2D eigenvalue weighted by Crippen LogP contribution is 2.42. The van der Waals surface area contributed by atoms with Crippen LogP contribution in [0.1, 0.15) is 44.2 Å². The number of ether oxygens (including phenoxy) is 1. The summed E-state index contributed by atoms with van der Waals surface area (Å²) in [7, 11) is 0. The van der Waals surface area contributed by atoms with Gasteiger partial charge in [-0.25, -0.2) is 0 Å². The van der Waals surface area contributed by atoms with Crippen LogP contribution in [0, 0.1) is 0 Å². The van der Waals surface area contributed by atoms with Crippen molar-refractivity contribution in [1.29, 1.82) is 0 Å². The molecule has 0 saturated heterocycles. The van der Waals surface area contributed by atoms with Crippen LogP contribution < -0.4 is 10.5 Å². The summed E-state index contributed by atoms with van der Waals surface area (Å²) >= 11 is 3.36. The van der Waals surface area contributed by atoms with Gasteiger partial charge in [0.1, 0.15) is 11.4 Å². The largest absolute Gasteiger partial charge is 0.487 e. The maximum Gasteiger partial charge on any atom is 0.389 e. The molecule has 0 bridgehead atoms. The van der Waals surface area contributed by atoms with E-state index in [4.69, 9.17) is 10.5 Å². The molecule has 2 nitrogen and oxygen atoms in total. The Morgan fingerprint density at radius 2 is 2.15 bits per heavy atom. The first-order valence-corrected chi connectivity index (χ1v) is 7.29. The van der Waals surface area contributed by atoms with E-state index in [1.807, 2.05) is 25.1 Å². The zero-order valence-corrected chi connectivity index (χ0v) is 12.7. The first-order chi connectivity index (χ1) is 9.19. The molecule has 0 saturated carbocycles. The average molecular weight is 352 g/mol. The van der Waals surface area contributed by atoms with Crippen LogP contribution in [0.3, 0.4) is 0 Å². The summed E-state index contributed by atoms with van der Waals surface area (Å²) in [6.07, 6.45) is -3.98. The van der Waals surface area contributed by atoms with E-state index < -0.39 is 18.2 Å². The van der Waals surface area contributed by atoms with Crippen molar-refractivity contribution in [3.8, 4) is 5.75 Å². The molecule has 2 atom stereocenters. The molecule has 2 rings (SSSR count). The Labute approximate surface area is 124 Å². The zero-order valence-electron chi connectivity index (χ0n) is 11.1. The van der Waals surface area contributed by atoms with E-state index in [0.29, 0.717) is 18.6 Å². The van der Waals surface area contributed by atoms with E-state index in [1.165, 1.54) is 0 Å². The van der Waals surface area contributed by atoms with Crippen molar-refractivity contribution in [2.75, 3.05) is 0 Å². The van der Waals surface area contributed by atoms with Crippen molar-refractivity contribution in [2.45, 2.75) is 50.4 Å². The van der Waals surface area contributed by atoms with Gasteiger partial charge in [-0.1, -0.05) is 22.0 Å². The molecule has 6 heteroatoms. The maximum atomic E-state index is 12.2. The molecule has 0 aromatic heterocycles. The fraction of sp³-hybridized carbons (Fsp3) is 0.571. The van der Waals surface area contributed by atoms with Gasteiger partial charge in [-0.3, -0.25) is 0 Å². The number of alkyl halides is 3. The summed E-state index contributed by atoms with van der Waals surface area (Å²) in [5.41, 5.74) is 6.38. The first kappa shape index (κ1) is 15.6. The zero-order chi connectivity index (χ0) is 15.0. The van der Waals surface area contributed by atoms with Crippen LogP contribution in [0.2, 0.25) is 0 Å². The summed E-state index contributed by atoms with van der Waals surface area (Å²) in [5.74, 6) is 0.660. The molecule has 2 N–H and O–H groups in total. The number of benzene rings is 1. The van der Waals surface area contributed by atoms with Gasteiger partial charge in [-0.2, -0.15) is 13.2 Å². The van der Waals surface area contributed by atoms with E-state index in [2.05, 4.69) is 15.9 Å². The SMILES string of the molecule is CC1(CCCC(F)(F)F)C[C@@H](N)c2ccc(Br)cc2O1. The molecule has 1 heterocycles. The highest BCUT2D eigenvalue weighted by Gasteiger charge is 2.37. The standard InChI is InChI=1S/C14H17BrF3NO/c1-13(5-2-6-14(16,17)18)8-11(19)10-4-3-9(15)7-12(10)20-13/h3-4,7,11H,2,5-6,8,19H2,1H3/t11-,13?/m1/s1. The Balaban J connectivity index is 2.08. The number of halogens is 4. The third kappa shape index (κ3) is 3.88. The van der Waals surface area contributed by atoms with Crippen molar-refractivity contribution in [1.82, 2.24) is 0 Å². The second kappa shape index (κ2) is 5.56. The number of hydrogen-bond donors (Lipinski definition) is 1. The van der Waals surface area contributed by atoms with E-state index in [1.54, 1.807) is 0 Å². The average Bonchev–Trinajstić information content (AvgIpc) is 2.25. The molecule has 1 aromatic rings. The lowest BCUT2D eigenvalue weighted by molar-refractivity contribution is -0.137. The minimum Gasteiger partial charge on any atom is -0.487 e. The molecule has 1 aliphatic rings. The molecule has 0 spiro atoms. The third-order valence-corrected chi connectivity index (χ3v) is 4.04. The quantitative estimate of drug-likeness (QED) is 0.854. The van der Waals surface area contributed by atoms with Gasteiger partial charge in [0.2, 0.25) is 0 Å². The monoisotopic (exact) mass is 351 g/mol. The van der Waals surface area contributed by atoms with E-state index in [-0.39, 0.29) is 12.5 Å². The predicted molar refractivity (Wildman–Crippen MR) is 74.6 cm³/mol. The van der Waals surface area contributed by atoms with Crippen molar-refractivity contribution >= 4 is 15.9 Å². The van der Waals surface area contributed by atoms with Crippen LogP contribution >= 0.6 is 15.9 Å². The van der Waals surface area contributed by atoms with Crippen LogP contribution in [0.15, 0.2) is 22.7 Å². The van der Waals surface area contributed by atoms with Gasteiger partial charge < -0.3 is 10.5 Å². The second-order valence-electron chi connectivity index (χ2n) is 5.51. The van der Waals surface area contributed by atoms with Gasteiger partial charge in [0.05, 0.1) is 0 Å². The lowest BCUT2D eigenvalue weighted by atomic mass is 9.85.